The van der Waals surface area contributed by atoms with Crippen LogP contribution in [-0.4, -0.2) is 38.3 Å². The molecule has 0 spiro atoms. The molecule has 3 aromatic rings. The first-order chi connectivity index (χ1) is 12.7. The van der Waals surface area contributed by atoms with Crippen LogP contribution in [0.2, 0.25) is 0 Å². The van der Waals surface area contributed by atoms with Gasteiger partial charge in [-0.15, -0.1) is 0 Å². The maximum absolute atomic E-state index is 13.2. The Morgan fingerprint density at radius 1 is 1.23 bits per heavy atom. The molecule has 3 heterocycles. The Morgan fingerprint density at radius 2 is 1.96 bits per heavy atom. The third-order valence-corrected chi connectivity index (χ3v) is 4.72. The lowest BCUT2D eigenvalue weighted by Gasteiger charge is -2.28. The van der Waals surface area contributed by atoms with Crippen molar-refractivity contribution < 1.29 is 9.18 Å². The molecule has 0 aliphatic carbocycles. The number of likely N-dealkylation sites (tertiary alicyclic amines) is 1. The summed E-state index contributed by atoms with van der Waals surface area (Å²) >= 11 is 0. The molecule has 2 aromatic heterocycles. The van der Waals surface area contributed by atoms with E-state index in [1.165, 1.54) is 12.1 Å². The Balaban J connectivity index is 1.73. The minimum absolute atomic E-state index is 0.00930. The molecule has 1 aliphatic heterocycles. The molecule has 1 aliphatic rings. The van der Waals surface area contributed by atoms with E-state index < -0.39 is 0 Å². The molecule has 1 fully saturated rings. The first kappa shape index (κ1) is 16.2. The summed E-state index contributed by atoms with van der Waals surface area (Å²) in [7, 11) is 0. The summed E-state index contributed by atoms with van der Waals surface area (Å²) in [5.41, 5.74) is 2.00. The fourth-order valence-electron chi connectivity index (χ4n) is 3.26. The van der Waals surface area contributed by atoms with E-state index in [1.54, 1.807) is 40.0 Å². The van der Waals surface area contributed by atoms with Crippen molar-refractivity contribution in [2.45, 2.75) is 12.8 Å². The van der Waals surface area contributed by atoms with E-state index in [4.69, 9.17) is 5.26 Å². The van der Waals surface area contributed by atoms with E-state index in [1.807, 2.05) is 0 Å². The SMILES string of the molecule is N#CC1CCN(C(=O)c2nc(-c3ccc(F)cc3)c3cnccn23)CC1. The van der Waals surface area contributed by atoms with Gasteiger partial charge in [0, 0.05) is 37.0 Å². The molecule has 1 saturated heterocycles. The lowest BCUT2D eigenvalue weighted by molar-refractivity contribution is 0.0694. The zero-order chi connectivity index (χ0) is 18.1. The average molecular weight is 349 g/mol. The molecule has 0 unspecified atom stereocenters. The smallest absolute Gasteiger partial charge is 0.290 e. The average Bonchev–Trinajstić information content (AvgIpc) is 3.08. The summed E-state index contributed by atoms with van der Waals surface area (Å²) in [5, 5.41) is 9.02. The van der Waals surface area contributed by atoms with Crippen LogP contribution in [0.4, 0.5) is 4.39 Å². The summed E-state index contributed by atoms with van der Waals surface area (Å²) in [6.45, 7) is 1.09. The normalized spacial score (nSPS) is 15.2. The van der Waals surface area contributed by atoms with Gasteiger partial charge in [0.1, 0.15) is 5.82 Å². The quantitative estimate of drug-likeness (QED) is 0.713. The van der Waals surface area contributed by atoms with Crippen LogP contribution < -0.4 is 0 Å². The van der Waals surface area contributed by atoms with Crippen molar-refractivity contribution in [3.8, 4) is 17.3 Å². The van der Waals surface area contributed by atoms with Crippen molar-refractivity contribution in [2.24, 2.45) is 5.92 Å². The van der Waals surface area contributed by atoms with Crippen LogP contribution >= 0.6 is 0 Å². The number of nitriles is 1. The molecule has 0 bridgehead atoms. The highest BCUT2D eigenvalue weighted by Crippen LogP contribution is 2.26. The third kappa shape index (κ3) is 2.80. The number of imidazole rings is 1. The van der Waals surface area contributed by atoms with E-state index in [0.717, 1.165) is 5.56 Å². The van der Waals surface area contributed by atoms with Gasteiger partial charge in [-0.1, -0.05) is 0 Å². The molecule has 1 aromatic carbocycles. The number of aromatic nitrogens is 3. The number of carbonyl (C=O) groups excluding carboxylic acids is 1. The second-order valence-corrected chi connectivity index (χ2v) is 6.32. The first-order valence-electron chi connectivity index (χ1n) is 8.44. The van der Waals surface area contributed by atoms with Crippen LogP contribution in [0.3, 0.4) is 0 Å². The van der Waals surface area contributed by atoms with E-state index in [9.17, 15) is 9.18 Å². The summed E-state index contributed by atoms with van der Waals surface area (Å²) in [5.74, 6) is -0.185. The number of hydrogen-bond acceptors (Lipinski definition) is 4. The third-order valence-electron chi connectivity index (χ3n) is 4.72. The molecule has 7 heteroatoms. The number of benzene rings is 1. The monoisotopic (exact) mass is 349 g/mol. The molecule has 1 amide bonds. The summed E-state index contributed by atoms with van der Waals surface area (Å²) in [6.07, 6.45) is 6.30. The summed E-state index contributed by atoms with van der Waals surface area (Å²) < 4.78 is 14.9. The summed E-state index contributed by atoms with van der Waals surface area (Å²) in [6, 6.07) is 8.27. The molecule has 0 radical (unpaired) electrons. The minimum Gasteiger partial charge on any atom is -0.336 e. The van der Waals surface area contributed by atoms with E-state index in [-0.39, 0.29) is 17.6 Å². The molecule has 130 valence electrons. The van der Waals surface area contributed by atoms with Crippen LogP contribution in [-0.2, 0) is 0 Å². The molecular formula is C19H16FN5O. The molecule has 6 nitrogen and oxygen atoms in total. The number of amides is 1. The molecule has 0 N–H and O–H groups in total. The molecular weight excluding hydrogens is 333 g/mol. The number of rotatable bonds is 2. The van der Waals surface area contributed by atoms with Gasteiger partial charge in [0.2, 0.25) is 5.82 Å². The fraction of sp³-hybridized carbons (Fsp3) is 0.263. The van der Waals surface area contributed by atoms with Crippen molar-refractivity contribution in [1.82, 2.24) is 19.3 Å². The van der Waals surface area contributed by atoms with Crippen LogP contribution in [0.1, 0.15) is 23.5 Å². The Morgan fingerprint density at radius 3 is 2.65 bits per heavy atom. The maximum Gasteiger partial charge on any atom is 0.290 e. The van der Waals surface area contributed by atoms with Gasteiger partial charge in [0.05, 0.1) is 23.5 Å². The zero-order valence-corrected chi connectivity index (χ0v) is 14.0. The highest BCUT2D eigenvalue weighted by Gasteiger charge is 2.27. The number of halogens is 1. The van der Waals surface area contributed by atoms with Crippen LogP contribution in [0.5, 0.6) is 0 Å². The lowest BCUT2D eigenvalue weighted by atomic mass is 9.98. The van der Waals surface area contributed by atoms with E-state index in [2.05, 4.69) is 16.0 Å². The Kier molecular flexibility index (Phi) is 4.09. The van der Waals surface area contributed by atoms with Gasteiger partial charge < -0.3 is 4.90 Å². The number of fused-ring (bicyclic) bond motifs is 1. The summed E-state index contributed by atoms with van der Waals surface area (Å²) in [4.78, 5) is 23.4. The Labute approximate surface area is 149 Å². The standard InChI is InChI=1S/C19H16FN5O/c20-15-3-1-14(2-4-15)17-16-12-22-7-10-25(16)18(23-17)19(26)24-8-5-13(11-21)6-9-24/h1-4,7,10,12-13H,5-6,8-9H2. The van der Waals surface area contributed by atoms with Gasteiger partial charge in [0.15, 0.2) is 0 Å². The lowest BCUT2D eigenvalue weighted by Crippen LogP contribution is -2.39. The number of piperidine rings is 1. The largest absolute Gasteiger partial charge is 0.336 e. The van der Waals surface area contributed by atoms with Crippen LogP contribution in [0.15, 0.2) is 42.9 Å². The second-order valence-electron chi connectivity index (χ2n) is 6.32. The van der Waals surface area contributed by atoms with Crippen molar-refractivity contribution in [3.63, 3.8) is 0 Å². The van der Waals surface area contributed by atoms with Crippen molar-refractivity contribution >= 4 is 11.4 Å². The Bertz CT molecular complexity index is 997. The van der Waals surface area contributed by atoms with Crippen LogP contribution in [0, 0.1) is 23.1 Å². The fourth-order valence-corrected chi connectivity index (χ4v) is 3.26. The van der Waals surface area contributed by atoms with Gasteiger partial charge in [-0.05, 0) is 37.1 Å². The van der Waals surface area contributed by atoms with Crippen LogP contribution in [0.25, 0.3) is 16.8 Å². The molecule has 26 heavy (non-hydrogen) atoms. The van der Waals surface area contributed by atoms with Gasteiger partial charge >= 0.3 is 0 Å². The van der Waals surface area contributed by atoms with Crippen molar-refractivity contribution in [1.29, 1.82) is 5.26 Å². The van der Waals surface area contributed by atoms with E-state index >= 15 is 0 Å². The molecule has 0 atom stereocenters. The Hall–Kier alpha value is -3.27. The highest BCUT2D eigenvalue weighted by molar-refractivity contribution is 5.94. The first-order valence-corrected chi connectivity index (χ1v) is 8.44. The zero-order valence-electron chi connectivity index (χ0n) is 14.0. The van der Waals surface area contributed by atoms with Gasteiger partial charge in [-0.2, -0.15) is 5.26 Å². The topological polar surface area (TPSA) is 74.3 Å². The second kappa shape index (κ2) is 6.56. The number of nitrogens with zero attached hydrogens (tertiary/aromatic N) is 5. The number of carbonyl (C=O) groups is 1. The highest BCUT2D eigenvalue weighted by atomic mass is 19.1. The predicted molar refractivity (Wildman–Crippen MR) is 92.6 cm³/mol. The predicted octanol–water partition coefficient (Wildman–Crippen LogP) is 2.91. The minimum atomic E-state index is -0.327. The maximum atomic E-state index is 13.2. The van der Waals surface area contributed by atoms with Gasteiger partial charge in [0.25, 0.3) is 5.91 Å². The van der Waals surface area contributed by atoms with Gasteiger partial charge in [-0.25, -0.2) is 9.37 Å². The van der Waals surface area contributed by atoms with Crippen molar-refractivity contribution in [3.05, 3.63) is 54.5 Å². The van der Waals surface area contributed by atoms with Crippen molar-refractivity contribution in [2.75, 3.05) is 13.1 Å². The van der Waals surface area contributed by atoms with Gasteiger partial charge in [-0.3, -0.25) is 14.2 Å². The molecule has 0 saturated carbocycles. The molecule has 4 rings (SSSR count). The number of hydrogen-bond donors (Lipinski definition) is 0. The van der Waals surface area contributed by atoms with E-state index in [0.29, 0.717) is 43.0 Å².